The molecular formula is C31H46O8. The topological polar surface area (TPSA) is 89.5 Å². The Kier molecular flexibility index (Phi) is 7.59. The molecule has 8 atom stereocenters. The Bertz CT molecular complexity index is 1020. The molecule has 0 radical (unpaired) electrons. The maximum atomic E-state index is 12.3. The summed E-state index contributed by atoms with van der Waals surface area (Å²) in [5, 5.41) is 0. The molecule has 39 heavy (non-hydrogen) atoms. The summed E-state index contributed by atoms with van der Waals surface area (Å²) >= 11 is 0. The lowest BCUT2D eigenvalue weighted by molar-refractivity contribution is -0.252. The molecule has 1 aliphatic heterocycles. The van der Waals surface area contributed by atoms with Crippen molar-refractivity contribution >= 4 is 12.3 Å². The fourth-order valence-electron chi connectivity index (χ4n) is 8.72. The number of carbonyl (C=O) groups is 2. The van der Waals surface area contributed by atoms with Crippen molar-refractivity contribution in [2.75, 3.05) is 27.4 Å². The summed E-state index contributed by atoms with van der Waals surface area (Å²) in [5.41, 5.74) is 2.46. The molecule has 5 rings (SSSR count). The molecule has 1 saturated heterocycles. The molecule has 1 heterocycles. The highest BCUT2D eigenvalue weighted by Crippen LogP contribution is 2.66. The van der Waals surface area contributed by atoms with E-state index in [9.17, 15) is 9.59 Å². The Balaban J connectivity index is 1.40. The van der Waals surface area contributed by atoms with Gasteiger partial charge in [0, 0.05) is 29.6 Å². The van der Waals surface area contributed by atoms with E-state index in [2.05, 4.69) is 46.8 Å². The van der Waals surface area contributed by atoms with E-state index in [4.69, 9.17) is 28.4 Å². The first-order valence-corrected chi connectivity index (χ1v) is 14.6. The van der Waals surface area contributed by atoms with Crippen LogP contribution in [0.25, 0.3) is 0 Å². The minimum atomic E-state index is -0.720. The minimum Gasteiger partial charge on any atom is -0.438 e. The molecular weight excluding hydrogens is 500 g/mol. The van der Waals surface area contributed by atoms with Crippen molar-refractivity contribution in [1.29, 1.82) is 0 Å². The summed E-state index contributed by atoms with van der Waals surface area (Å²) in [7, 11) is 2.63. The third kappa shape index (κ3) is 4.90. The van der Waals surface area contributed by atoms with Gasteiger partial charge in [-0.15, -0.1) is 0 Å². The standard InChI is InChI=1S/C31H46O8/c1-18(26-36-16-29(2,3)17-37-26)22-10-11-23-21-9-8-19-14-20(38-27(32)34-6)15-25(39-28(33)35-7)31(19,5)24(21)12-13-30(22,23)4/h8-9,18,20,22-26H,10-17H2,1-7H3/t18?,20?,22-,23+,24+,25?,30-,31+/m1/s1. The summed E-state index contributed by atoms with van der Waals surface area (Å²) in [5.74, 6) is 1.54. The van der Waals surface area contributed by atoms with E-state index >= 15 is 0 Å². The normalized spacial score (nSPS) is 40.1. The van der Waals surface area contributed by atoms with Gasteiger partial charge in [-0.2, -0.15) is 0 Å². The number of methoxy groups -OCH3 is 2. The smallest absolute Gasteiger partial charge is 0.438 e. The van der Waals surface area contributed by atoms with Crippen molar-refractivity contribution in [2.45, 2.75) is 91.6 Å². The van der Waals surface area contributed by atoms with Gasteiger partial charge < -0.3 is 28.4 Å². The van der Waals surface area contributed by atoms with Crippen molar-refractivity contribution in [3.8, 4) is 0 Å². The molecule has 0 spiro atoms. The number of ether oxygens (including phenoxy) is 6. The van der Waals surface area contributed by atoms with Crippen LogP contribution in [0.4, 0.5) is 9.59 Å². The van der Waals surface area contributed by atoms with E-state index in [1.54, 1.807) is 0 Å². The predicted octanol–water partition coefficient (Wildman–Crippen LogP) is 6.43. The summed E-state index contributed by atoms with van der Waals surface area (Å²) in [6.45, 7) is 12.8. The van der Waals surface area contributed by atoms with Gasteiger partial charge in [-0.3, -0.25) is 0 Å². The molecule has 0 bridgehead atoms. The van der Waals surface area contributed by atoms with Gasteiger partial charge >= 0.3 is 12.3 Å². The Labute approximate surface area is 232 Å². The summed E-state index contributed by atoms with van der Waals surface area (Å²) in [4.78, 5) is 24.2. The van der Waals surface area contributed by atoms with Gasteiger partial charge in [0.2, 0.25) is 0 Å². The van der Waals surface area contributed by atoms with Crippen LogP contribution in [0.2, 0.25) is 0 Å². The highest BCUT2D eigenvalue weighted by molar-refractivity contribution is 5.61. The van der Waals surface area contributed by atoms with Crippen LogP contribution in [0.1, 0.15) is 73.1 Å². The summed E-state index contributed by atoms with van der Waals surface area (Å²) in [6, 6.07) is 0. The SMILES string of the molecule is COC(=O)OC1CC2=CC=C3[C@@H]4CC[C@H](C(C)C5OCC(C)(C)CO5)[C@@]4(C)CC[C@@H]3[C@@]2(C)C(OC(=O)OC)C1. The van der Waals surface area contributed by atoms with Crippen LogP contribution in [0.5, 0.6) is 0 Å². The lowest BCUT2D eigenvalue weighted by Gasteiger charge is -2.57. The predicted molar refractivity (Wildman–Crippen MR) is 144 cm³/mol. The van der Waals surface area contributed by atoms with Crippen LogP contribution in [0.3, 0.4) is 0 Å². The average Bonchev–Trinajstić information content (AvgIpc) is 3.26. The third-order valence-electron chi connectivity index (χ3n) is 10.8. The molecule has 8 heteroatoms. The largest absolute Gasteiger partial charge is 0.508 e. The molecule has 0 aromatic carbocycles. The maximum Gasteiger partial charge on any atom is 0.508 e. The number of allylic oxidation sites excluding steroid dienone is 3. The molecule has 4 aliphatic carbocycles. The fourth-order valence-corrected chi connectivity index (χ4v) is 8.72. The van der Waals surface area contributed by atoms with E-state index in [1.165, 1.54) is 19.8 Å². The first-order valence-electron chi connectivity index (χ1n) is 14.6. The summed E-state index contributed by atoms with van der Waals surface area (Å²) < 4.78 is 33.6. The number of carbonyl (C=O) groups excluding carboxylic acids is 2. The molecule has 0 N–H and O–H groups in total. The lowest BCUT2D eigenvalue weighted by atomic mass is 9.49. The first kappa shape index (κ1) is 28.5. The average molecular weight is 547 g/mol. The van der Waals surface area contributed by atoms with E-state index in [0.717, 1.165) is 44.5 Å². The van der Waals surface area contributed by atoms with E-state index < -0.39 is 24.5 Å². The molecule has 0 aromatic rings. The Morgan fingerprint density at radius 1 is 0.923 bits per heavy atom. The zero-order valence-electron chi connectivity index (χ0n) is 24.6. The zero-order chi connectivity index (χ0) is 28.2. The van der Waals surface area contributed by atoms with Gasteiger partial charge in [0.25, 0.3) is 0 Å². The second-order valence-electron chi connectivity index (χ2n) is 13.7. The Morgan fingerprint density at radius 2 is 1.59 bits per heavy atom. The van der Waals surface area contributed by atoms with Gasteiger partial charge in [-0.1, -0.05) is 57.9 Å². The van der Waals surface area contributed by atoms with Crippen molar-refractivity contribution in [2.24, 2.45) is 39.9 Å². The molecule has 0 amide bonds. The quantitative estimate of drug-likeness (QED) is 0.373. The zero-order valence-corrected chi connectivity index (χ0v) is 24.6. The van der Waals surface area contributed by atoms with Gasteiger partial charge in [-0.25, -0.2) is 9.59 Å². The monoisotopic (exact) mass is 546 g/mol. The Hall–Kier alpha value is -2.06. The Morgan fingerprint density at radius 3 is 2.26 bits per heavy atom. The van der Waals surface area contributed by atoms with E-state index in [1.807, 2.05) is 0 Å². The fraction of sp³-hybridized carbons (Fsp3) is 0.806. The molecule has 4 fully saturated rings. The van der Waals surface area contributed by atoms with E-state index in [0.29, 0.717) is 30.6 Å². The van der Waals surface area contributed by atoms with Gasteiger partial charge in [0.05, 0.1) is 27.4 Å². The van der Waals surface area contributed by atoms with E-state index in [-0.39, 0.29) is 28.5 Å². The molecule has 218 valence electrons. The van der Waals surface area contributed by atoms with Crippen LogP contribution in [-0.2, 0) is 28.4 Å². The van der Waals surface area contributed by atoms with Crippen LogP contribution < -0.4 is 0 Å². The highest BCUT2D eigenvalue weighted by atomic mass is 16.7. The number of hydrogen-bond acceptors (Lipinski definition) is 8. The highest BCUT2D eigenvalue weighted by Gasteiger charge is 2.61. The van der Waals surface area contributed by atoms with Crippen LogP contribution >= 0.6 is 0 Å². The van der Waals surface area contributed by atoms with Crippen molar-refractivity contribution in [1.82, 2.24) is 0 Å². The number of hydrogen-bond donors (Lipinski definition) is 0. The lowest BCUT2D eigenvalue weighted by Crippen LogP contribution is -2.54. The summed E-state index contributed by atoms with van der Waals surface area (Å²) in [6.07, 6.45) is 7.47. The van der Waals surface area contributed by atoms with Crippen LogP contribution in [0, 0.1) is 39.9 Å². The molecule has 3 unspecified atom stereocenters. The second kappa shape index (κ2) is 10.4. The van der Waals surface area contributed by atoms with Gasteiger partial charge in [0.15, 0.2) is 6.29 Å². The molecule has 8 nitrogen and oxygen atoms in total. The number of rotatable bonds is 4. The van der Waals surface area contributed by atoms with Crippen LogP contribution in [-0.4, -0.2) is 58.2 Å². The molecule has 0 aromatic heterocycles. The van der Waals surface area contributed by atoms with Crippen molar-refractivity contribution < 1.29 is 38.0 Å². The maximum absolute atomic E-state index is 12.3. The van der Waals surface area contributed by atoms with Crippen LogP contribution in [0.15, 0.2) is 23.3 Å². The first-order chi connectivity index (χ1) is 18.4. The minimum absolute atomic E-state index is 0.0620. The molecule has 3 saturated carbocycles. The van der Waals surface area contributed by atoms with Crippen molar-refractivity contribution in [3.05, 3.63) is 23.3 Å². The second-order valence-corrected chi connectivity index (χ2v) is 13.7. The van der Waals surface area contributed by atoms with Gasteiger partial charge in [0.1, 0.15) is 12.2 Å². The van der Waals surface area contributed by atoms with Gasteiger partial charge in [-0.05, 0) is 48.9 Å². The van der Waals surface area contributed by atoms with Crippen molar-refractivity contribution in [3.63, 3.8) is 0 Å². The number of fused-ring (bicyclic) bond motifs is 5. The molecule has 5 aliphatic rings. The third-order valence-corrected chi connectivity index (χ3v) is 10.8.